The lowest BCUT2D eigenvalue weighted by Crippen LogP contribution is -2.17. The Balaban J connectivity index is 2.24. The predicted molar refractivity (Wildman–Crippen MR) is 105 cm³/mol. The molecule has 3 rings (SSSR count). The molecule has 0 aliphatic rings. The summed E-state index contributed by atoms with van der Waals surface area (Å²) < 4.78 is 4.20. The molecule has 0 bridgehead atoms. The molecule has 0 aliphatic carbocycles. The van der Waals surface area contributed by atoms with Crippen LogP contribution in [0.4, 0.5) is 0 Å². The van der Waals surface area contributed by atoms with E-state index in [-0.39, 0.29) is 6.54 Å². The van der Waals surface area contributed by atoms with Crippen LogP contribution in [-0.4, -0.2) is 20.2 Å². The number of fused-ring (bicyclic) bond motifs is 1. The number of carboxylic acids is 1. The van der Waals surface area contributed by atoms with Crippen LogP contribution in [0.1, 0.15) is 5.56 Å². The fraction of sp³-hybridized carbons (Fsp3) is 0.118. The number of carbonyl (C=O) groups is 1. The van der Waals surface area contributed by atoms with Gasteiger partial charge in [-0.05, 0) is 42.0 Å². The number of carboxylic acid groups (broad SMARTS) is 1. The zero-order valence-electron chi connectivity index (χ0n) is 12.8. The molecule has 0 fully saturated rings. The lowest BCUT2D eigenvalue weighted by atomic mass is 10.2. The van der Waals surface area contributed by atoms with Crippen LogP contribution >= 0.6 is 47.6 Å². The summed E-state index contributed by atoms with van der Waals surface area (Å²) in [6.07, 6.45) is 0. The van der Waals surface area contributed by atoms with Crippen molar-refractivity contribution in [3.8, 4) is 0 Å². The van der Waals surface area contributed by atoms with E-state index in [4.69, 9.17) is 47.6 Å². The highest BCUT2D eigenvalue weighted by Crippen LogP contribution is 2.24. The molecule has 3 aromatic rings. The molecule has 0 radical (unpaired) electrons. The summed E-state index contributed by atoms with van der Waals surface area (Å²) in [5.41, 5.74) is 1.57. The van der Waals surface area contributed by atoms with Crippen molar-refractivity contribution in [2.24, 2.45) is 0 Å². The second-order valence-electron chi connectivity index (χ2n) is 5.42. The van der Waals surface area contributed by atoms with Crippen LogP contribution in [0.2, 0.25) is 10.0 Å². The fourth-order valence-electron chi connectivity index (χ4n) is 2.62. The summed E-state index contributed by atoms with van der Waals surface area (Å²) >= 11 is 23.1. The minimum absolute atomic E-state index is 0.240. The average Bonchev–Trinajstić information content (AvgIpc) is 2.58. The maximum Gasteiger partial charge on any atom is 0.323 e. The Labute approximate surface area is 163 Å². The van der Waals surface area contributed by atoms with Crippen molar-refractivity contribution in [3.63, 3.8) is 0 Å². The van der Waals surface area contributed by atoms with Gasteiger partial charge in [0.15, 0.2) is 4.77 Å². The molecule has 4 nitrogen and oxygen atoms in total. The first-order valence-electron chi connectivity index (χ1n) is 7.26. The minimum Gasteiger partial charge on any atom is -0.480 e. The lowest BCUT2D eigenvalue weighted by Gasteiger charge is -2.16. The van der Waals surface area contributed by atoms with Crippen LogP contribution < -0.4 is 0 Å². The summed E-state index contributed by atoms with van der Waals surface area (Å²) in [4.78, 5) is 11.3. The van der Waals surface area contributed by atoms with Gasteiger partial charge in [0, 0.05) is 5.39 Å². The van der Waals surface area contributed by atoms with Gasteiger partial charge >= 0.3 is 5.97 Å². The third kappa shape index (κ3) is 3.62. The first kappa shape index (κ1) is 18.1. The fourth-order valence-corrected chi connectivity index (χ4v) is 3.64. The molecule has 0 aliphatic heterocycles. The number of benzene rings is 2. The summed E-state index contributed by atoms with van der Waals surface area (Å²) in [7, 11) is 0. The smallest absolute Gasteiger partial charge is 0.323 e. The van der Waals surface area contributed by atoms with E-state index in [1.807, 2.05) is 30.3 Å². The SMILES string of the molecule is O=C(O)Cn1c(=S)n(Cc2ccc(Cl)c(Cl)c2)c(=S)c2ccccc21. The molecule has 2 aromatic carbocycles. The maximum absolute atomic E-state index is 11.3. The zero-order valence-corrected chi connectivity index (χ0v) is 15.9. The van der Waals surface area contributed by atoms with Crippen molar-refractivity contribution in [2.75, 3.05) is 0 Å². The lowest BCUT2D eigenvalue weighted by molar-refractivity contribution is -0.137. The molecular formula is C17H12Cl2N2O2S2. The van der Waals surface area contributed by atoms with E-state index in [2.05, 4.69) is 0 Å². The maximum atomic E-state index is 11.3. The molecule has 0 unspecified atom stereocenters. The number of hydrogen-bond acceptors (Lipinski definition) is 3. The first-order valence-corrected chi connectivity index (χ1v) is 8.84. The van der Waals surface area contributed by atoms with Gasteiger partial charge in [-0.15, -0.1) is 0 Å². The normalized spacial score (nSPS) is 11.0. The van der Waals surface area contributed by atoms with Gasteiger partial charge in [-0.2, -0.15) is 0 Å². The molecule has 0 spiro atoms. The van der Waals surface area contributed by atoms with E-state index in [0.717, 1.165) is 10.9 Å². The number of hydrogen-bond donors (Lipinski definition) is 1. The second-order valence-corrected chi connectivity index (χ2v) is 6.99. The Hall–Kier alpha value is -1.73. The van der Waals surface area contributed by atoms with Gasteiger partial charge in [-0.25, -0.2) is 0 Å². The van der Waals surface area contributed by atoms with Crippen molar-refractivity contribution < 1.29 is 9.90 Å². The molecule has 25 heavy (non-hydrogen) atoms. The van der Waals surface area contributed by atoms with Crippen molar-refractivity contribution in [1.82, 2.24) is 9.13 Å². The first-order chi connectivity index (χ1) is 11.9. The van der Waals surface area contributed by atoms with E-state index in [1.165, 1.54) is 0 Å². The van der Waals surface area contributed by atoms with Crippen LogP contribution in [0.15, 0.2) is 42.5 Å². The molecule has 0 atom stereocenters. The molecule has 0 saturated carbocycles. The summed E-state index contributed by atoms with van der Waals surface area (Å²) in [6, 6.07) is 12.6. The van der Waals surface area contributed by atoms with Crippen LogP contribution in [0.5, 0.6) is 0 Å². The number of nitrogens with zero attached hydrogens (tertiary/aromatic N) is 2. The van der Waals surface area contributed by atoms with Crippen molar-refractivity contribution in [3.05, 3.63) is 67.5 Å². The standard InChI is InChI=1S/C17H12Cl2N2O2S2/c18-12-6-5-10(7-13(12)19)8-21-16(24)11-3-1-2-4-14(11)20(17(21)25)9-15(22)23/h1-7H,8-9H2,(H,22,23). The topological polar surface area (TPSA) is 47.2 Å². The number of aromatic nitrogens is 2. The van der Waals surface area contributed by atoms with E-state index in [0.29, 0.717) is 31.5 Å². The molecule has 128 valence electrons. The van der Waals surface area contributed by atoms with E-state index in [1.54, 1.807) is 21.3 Å². The van der Waals surface area contributed by atoms with Crippen LogP contribution in [0.25, 0.3) is 10.9 Å². The highest BCUT2D eigenvalue weighted by molar-refractivity contribution is 7.72. The Bertz CT molecular complexity index is 1110. The number of para-hydroxylation sites is 1. The largest absolute Gasteiger partial charge is 0.480 e. The van der Waals surface area contributed by atoms with Crippen LogP contribution in [0, 0.1) is 9.41 Å². The molecule has 1 N–H and O–H groups in total. The summed E-state index contributed by atoms with van der Waals surface area (Å²) in [5.74, 6) is -0.973. The Morgan fingerprint density at radius 2 is 1.76 bits per heavy atom. The molecule has 0 amide bonds. The van der Waals surface area contributed by atoms with E-state index in [9.17, 15) is 9.90 Å². The minimum atomic E-state index is -0.973. The monoisotopic (exact) mass is 410 g/mol. The van der Waals surface area contributed by atoms with Gasteiger partial charge in [0.2, 0.25) is 0 Å². The van der Waals surface area contributed by atoms with E-state index < -0.39 is 5.97 Å². The molecule has 1 heterocycles. The predicted octanol–water partition coefficient (Wildman–Crippen LogP) is 5.34. The van der Waals surface area contributed by atoms with E-state index >= 15 is 0 Å². The number of halogens is 2. The quantitative estimate of drug-likeness (QED) is 0.589. The number of rotatable bonds is 4. The van der Waals surface area contributed by atoms with Crippen molar-refractivity contribution in [1.29, 1.82) is 0 Å². The second kappa shape index (κ2) is 7.25. The van der Waals surface area contributed by atoms with Crippen molar-refractivity contribution >= 4 is 64.5 Å². The summed E-state index contributed by atoms with van der Waals surface area (Å²) in [5, 5.41) is 10.9. The average molecular weight is 411 g/mol. The highest BCUT2D eigenvalue weighted by atomic mass is 35.5. The van der Waals surface area contributed by atoms with Crippen LogP contribution in [-0.2, 0) is 17.9 Å². The Morgan fingerprint density at radius 3 is 2.44 bits per heavy atom. The molecule has 0 saturated heterocycles. The van der Waals surface area contributed by atoms with Gasteiger partial charge < -0.3 is 14.2 Å². The third-order valence-electron chi connectivity index (χ3n) is 3.75. The Kier molecular flexibility index (Phi) is 5.24. The van der Waals surface area contributed by atoms with Gasteiger partial charge in [0.1, 0.15) is 11.2 Å². The molecule has 8 heteroatoms. The van der Waals surface area contributed by atoms with Crippen LogP contribution in [0.3, 0.4) is 0 Å². The molecule has 1 aromatic heterocycles. The van der Waals surface area contributed by atoms with Gasteiger partial charge in [-0.1, -0.05) is 53.6 Å². The Morgan fingerprint density at radius 1 is 1.04 bits per heavy atom. The summed E-state index contributed by atoms with van der Waals surface area (Å²) in [6.45, 7) is 0.134. The third-order valence-corrected chi connectivity index (χ3v) is 5.37. The molecular weight excluding hydrogens is 399 g/mol. The number of aliphatic carboxylic acids is 1. The van der Waals surface area contributed by atoms with Gasteiger partial charge in [0.05, 0.1) is 22.1 Å². The van der Waals surface area contributed by atoms with Crippen molar-refractivity contribution in [2.45, 2.75) is 13.1 Å². The highest BCUT2D eigenvalue weighted by Gasteiger charge is 2.11. The van der Waals surface area contributed by atoms with Gasteiger partial charge in [-0.3, -0.25) is 4.79 Å². The zero-order chi connectivity index (χ0) is 18.1. The van der Waals surface area contributed by atoms with Gasteiger partial charge in [0.25, 0.3) is 0 Å².